The van der Waals surface area contributed by atoms with Crippen molar-refractivity contribution < 1.29 is 9.59 Å². The van der Waals surface area contributed by atoms with Gasteiger partial charge < -0.3 is 10.2 Å². The maximum atomic E-state index is 12.5. The minimum Gasteiger partial charge on any atom is -0.324 e. The lowest BCUT2D eigenvalue weighted by atomic mass is 10.0. The van der Waals surface area contributed by atoms with Gasteiger partial charge in [0.1, 0.15) is 0 Å². The van der Waals surface area contributed by atoms with Crippen molar-refractivity contribution in [1.82, 2.24) is 14.7 Å². The maximum absolute atomic E-state index is 12.5. The highest BCUT2D eigenvalue weighted by molar-refractivity contribution is 5.97. The van der Waals surface area contributed by atoms with E-state index in [1.807, 2.05) is 37.3 Å². The predicted molar refractivity (Wildman–Crippen MR) is 92.3 cm³/mol. The van der Waals surface area contributed by atoms with Crippen LogP contribution in [-0.2, 0) is 7.05 Å². The van der Waals surface area contributed by atoms with Gasteiger partial charge in [-0.1, -0.05) is 0 Å². The van der Waals surface area contributed by atoms with E-state index >= 15 is 0 Å². The number of aryl methyl sites for hydroxylation is 2. The maximum Gasteiger partial charge on any atom is 0.321 e. The van der Waals surface area contributed by atoms with Crippen LogP contribution < -0.4 is 5.32 Å². The summed E-state index contributed by atoms with van der Waals surface area (Å²) in [5.74, 6) is 0.371. The number of nitrogens with one attached hydrogen (secondary N) is 1. The summed E-state index contributed by atoms with van der Waals surface area (Å²) in [6, 6.07) is 5.27. The third-order valence-corrected chi connectivity index (χ3v) is 4.53. The van der Waals surface area contributed by atoms with Crippen LogP contribution in [-0.4, -0.2) is 39.6 Å². The van der Waals surface area contributed by atoms with E-state index in [9.17, 15) is 9.59 Å². The number of likely N-dealkylation sites (tertiary alicyclic amines) is 1. The standard InChI is InChI=1S/C18H22N4O2/c1-12-8-16(4-5-17(12)13(2)23)20-18(24)22-7-6-14(11-22)15-9-19-21(3)10-15/h4-5,8-10,14H,6-7,11H2,1-3H3,(H,20,24)/t14-/m0/s1. The predicted octanol–water partition coefficient (Wildman–Crippen LogP) is 2.95. The minimum absolute atomic E-state index is 0.0317. The molecule has 1 atom stereocenters. The number of urea groups is 1. The third-order valence-electron chi connectivity index (χ3n) is 4.53. The Bertz CT molecular complexity index is 781. The number of carbonyl (C=O) groups is 2. The summed E-state index contributed by atoms with van der Waals surface area (Å²) in [6.45, 7) is 4.85. The second kappa shape index (κ2) is 6.47. The van der Waals surface area contributed by atoms with E-state index < -0.39 is 0 Å². The summed E-state index contributed by atoms with van der Waals surface area (Å²) in [5, 5.41) is 7.12. The molecule has 3 rings (SSSR count). The molecule has 1 saturated heterocycles. The summed E-state index contributed by atoms with van der Waals surface area (Å²) in [4.78, 5) is 25.8. The van der Waals surface area contributed by atoms with Gasteiger partial charge >= 0.3 is 6.03 Å². The van der Waals surface area contributed by atoms with Gasteiger partial charge in [-0.2, -0.15) is 5.10 Å². The van der Waals surface area contributed by atoms with Crippen LogP contribution >= 0.6 is 0 Å². The van der Waals surface area contributed by atoms with Crippen LogP contribution in [0, 0.1) is 6.92 Å². The average molecular weight is 326 g/mol. The first-order valence-corrected chi connectivity index (χ1v) is 8.10. The van der Waals surface area contributed by atoms with E-state index in [4.69, 9.17) is 0 Å². The molecule has 0 unspecified atom stereocenters. The largest absolute Gasteiger partial charge is 0.324 e. The van der Waals surface area contributed by atoms with Gasteiger partial charge in [-0.05, 0) is 49.6 Å². The fourth-order valence-electron chi connectivity index (χ4n) is 3.21. The molecule has 24 heavy (non-hydrogen) atoms. The Morgan fingerprint density at radius 2 is 2.12 bits per heavy atom. The monoisotopic (exact) mass is 326 g/mol. The first kappa shape index (κ1) is 16.2. The van der Waals surface area contributed by atoms with Crippen molar-refractivity contribution in [2.24, 2.45) is 7.05 Å². The summed E-state index contributed by atoms with van der Waals surface area (Å²) in [6.07, 6.45) is 4.83. The molecule has 0 saturated carbocycles. The quantitative estimate of drug-likeness (QED) is 0.882. The highest BCUT2D eigenvalue weighted by Gasteiger charge is 2.28. The van der Waals surface area contributed by atoms with Gasteiger partial charge in [-0.15, -0.1) is 0 Å². The fourth-order valence-corrected chi connectivity index (χ4v) is 3.21. The number of nitrogens with zero attached hydrogens (tertiary/aromatic N) is 3. The summed E-state index contributed by atoms with van der Waals surface area (Å²) in [7, 11) is 1.90. The van der Waals surface area contributed by atoms with Crippen molar-refractivity contribution >= 4 is 17.5 Å². The minimum atomic E-state index is -0.101. The van der Waals surface area contributed by atoms with E-state index in [1.165, 1.54) is 5.56 Å². The van der Waals surface area contributed by atoms with Crippen LogP contribution in [0.3, 0.4) is 0 Å². The molecule has 2 heterocycles. The Balaban J connectivity index is 1.63. The molecule has 1 N–H and O–H groups in total. The lowest BCUT2D eigenvalue weighted by molar-refractivity contribution is 0.101. The molecule has 6 nitrogen and oxygen atoms in total. The number of anilines is 1. The third kappa shape index (κ3) is 3.32. The van der Waals surface area contributed by atoms with Crippen LogP contribution in [0.25, 0.3) is 0 Å². The van der Waals surface area contributed by atoms with Crippen molar-refractivity contribution in [3.63, 3.8) is 0 Å². The molecule has 2 aromatic rings. The molecule has 6 heteroatoms. The number of Topliss-reactive ketones (excluding diaryl/α,β-unsaturated/α-hetero) is 1. The molecule has 0 aliphatic carbocycles. The van der Waals surface area contributed by atoms with E-state index in [0.29, 0.717) is 23.7 Å². The van der Waals surface area contributed by atoms with Crippen molar-refractivity contribution in [2.75, 3.05) is 18.4 Å². The first-order chi connectivity index (χ1) is 11.4. The number of carbonyl (C=O) groups excluding carboxylic acids is 2. The van der Waals surface area contributed by atoms with Gasteiger partial charge in [0, 0.05) is 43.5 Å². The molecule has 2 amide bonds. The van der Waals surface area contributed by atoms with E-state index in [2.05, 4.69) is 10.4 Å². The molecule has 1 fully saturated rings. The second-order valence-electron chi connectivity index (χ2n) is 6.39. The summed E-state index contributed by atoms with van der Waals surface area (Å²) in [5.41, 5.74) is 3.45. The number of ketones is 1. The van der Waals surface area contributed by atoms with E-state index in [0.717, 1.165) is 18.5 Å². The molecule has 1 aliphatic rings. The molecular weight excluding hydrogens is 304 g/mol. The lowest BCUT2D eigenvalue weighted by Gasteiger charge is -2.17. The molecule has 1 aliphatic heterocycles. The smallest absolute Gasteiger partial charge is 0.321 e. The second-order valence-corrected chi connectivity index (χ2v) is 6.39. The van der Waals surface area contributed by atoms with Gasteiger partial charge in [0.25, 0.3) is 0 Å². The fraction of sp³-hybridized carbons (Fsp3) is 0.389. The zero-order valence-corrected chi connectivity index (χ0v) is 14.2. The van der Waals surface area contributed by atoms with Crippen molar-refractivity contribution in [3.05, 3.63) is 47.3 Å². The summed E-state index contributed by atoms with van der Waals surface area (Å²) >= 11 is 0. The van der Waals surface area contributed by atoms with Gasteiger partial charge in [0.05, 0.1) is 6.20 Å². The van der Waals surface area contributed by atoms with E-state index in [-0.39, 0.29) is 11.8 Å². The number of rotatable bonds is 3. The summed E-state index contributed by atoms with van der Waals surface area (Å²) < 4.78 is 1.79. The molecule has 0 bridgehead atoms. The van der Waals surface area contributed by atoms with Crippen molar-refractivity contribution in [2.45, 2.75) is 26.2 Å². The van der Waals surface area contributed by atoms with Gasteiger partial charge in [-0.25, -0.2) is 4.79 Å². The molecule has 1 aromatic heterocycles. The van der Waals surface area contributed by atoms with Gasteiger partial charge in [0.15, 0.2) is 5.78 Å². The van der Waals surface area contributed by atoms with Crippen LogP contribution in [0.4, 0.5) is 10.5 Å². The molecule has 126 valence electrons. The Hall–Kier alpha value is -2.63. The zero-order valence-electron chi connectivity index (χ0n) is 14.2. The SMILES string of the molecule is CC(=O)c1ccc(NC(=O)N2CC[C@H](c3cnn(C)c3)C2)cc1C. The van der Waals surface area contributed by atoms with Gasteiger partial charge in [0.2, 0.25) is 0 Å². The van der Waals surface area contributed by atoms with Crippen molar-refractivity contribution in [1.29, 1.82) is 0 Å². The topological polar surface area (TPSA) is 67.2 Å². The zero-order chi connectivity index (χ0) is 17.3. The number of aromatic nitrogens is 2. The highest BCUT2D eigenvalue weighted by atomic mass is 16.2. The van der Waals surface area contributed by atoms with E-state index in [1.54, 1.807) is 23.7 Å². The molecule has 0 spiro atoms. The van der Waals surface area contributed by atoms with Crippen LogP contribution in [0.2, 0.25) is 0 Å². The number of benzene rings is 1. The Kier molecular flexibility index (Phi) is 4.38. The highest BCUT2D eigenvalue weighted by Crippen LogP contribution is 2.27. The molecule has 1 aromatic carbocycles. The average Bonchev–Trinajstić information content (AvgIpc) is 3.15. The Labute approximate surface area is 141 Å². The normalized spacial score (nSPS) is 17.1. The molecular formula is C18H22N4O2. The van der Waals surface area contributed by atoms with Crippen molar-refractivity contribution in [3.8, 4) is 0 Å². The van der Waals surface area contributed by atoms with Gasteiger partial charge in [-0.3, -0.25) is 9.48 Å². The number of hydrogen-bond donors (Lipinski definition) is 1. The Morgan fingerprint density at radius 1 is 1.33 bits per heavy atom. The van der Waals surface area contributed by atoms with Crippen LogP contribution in [0.5, 0.6) is 0 Å². The Morgan fingerprint density at radius 3 is 2.75 bits per heavy atom. The number of amides is 2. The first-order valence-electron chi connectivity index (χ1n) is 8.10. The van der Waals surface area contributed by atoms with Crippen LogP contribution in [0.15, 0.2) is 30.6 Å². The number of hydrogen-bond acceptors (Lipinski definition) is 3. The lowest BCUT2D eigenvalue weighted by Crippen LogP contribution is -2.32. The van der Waals surface area contributed by atoms with Crippen LogP contribution in [0.1, 0.15) is 40.7 Å². The molecule has 0 radical (unpaired) electrons.